The number of guanidine groups is 1. The van der Waals surface area contributed by atoms with Gasteiger partial charge in [-0.05, 0) is 25.1 Å². The molecular weight excluding hydrogens is 406 g/mol. The molecule has 9 nitrogen and oxygen atoms in total. The van der Waals surface area contributed by atoms with Gasteiger partial charge in [-0.25, -0.2) is 15.0 Å². The van der Waals surface area contributed by atoms with Gasteiger partial charge >= 0.3 is 0 Å². The first kappa shape index (κ1) is 20.0. The van der Waals surface area contributed by atoms with Gasteiger partial charge in [-0.2, -0.15) is 0 Å². The molecule has 0 saturated carbocycles. The van der Waals surface area contributed by atoms with E-state index in [9.17, 15) is 4.79 Å². The molecule has 0 bridgehead atoms. The molecule has 3 aromatic rings. The average Bonchev–Trinajstić information content (AvgIpc) is 2.83. The van der Waals surface area contributed by atoms with Crippen LogP contribution in [0.25, 0.3) is 0 Å². The Morgan fingerprint density at radius 2 is 1.78 bits per heavy atom. The quantitative estimate of drug-likeness (QED) is 0.680. The van der Waals surface area contributed by atoms with E-state index in [-0.39, 0.29) is 5.56 Å². The third-order valence-corrected chi connectivity index (χ3v) is 5.76. The van der Waals surface area contributed by atoms with Crippen LogP contribution in [0.2, 0.25) is 0 Å². The summed E-state index contributed by atoms with van der Waals surface area (Å²) in [6.45, 7) is 5.02. The smallest absolute Gasteiger partial charge is 0.257 e. The molecule has 2 aliphatic heterocycles. The Morgan fingerprint density at radius 3 is 2.53 bits per heavy atom. The van der Waals surface area contributed by atoms with E-state index in [0.29, 0.717) is 23.4 Å². The van der Waals surface area contributed by atoms with E-state index < -0.39 is 6.17 Å². The van der Waals surface area contributed by atoms with Crippen molar-refractivity contribution in [3.8, 4) is 5.75 Å². The van der Waals surface area contributed by atoms with Crippen LogP contribution in [0.4, 0.5) is 11.8 Å². The minimum atomic E-state index is -0.563. The molecule has 2 aromatic heterocycles. The van der Waals surface area contributed by atoms with Crippen LogP contribution in [0.3, 0.4) is 0 Å². The van der Waals surface area contributed by atoms with E-state index in [0.717, 1.165) is 37.6 Å². The minimum Gasteiger partial charge on any atom is -0.496 e. The molecule has 32 heavy (non-hydrogen) atoms. The summed E-state index contributed by atoms with van der Waals surface area (Å²) in [5.41, 5.74) is 1.32. The fourth-order valence-corrected chi connectivity index (χ4v) is 4.17. The van der Waals surface area contributed by atoms with Crippen LogP contribution in [-0.4, -0.2) is 58.7 Å². The van der Waals surface area contributed by atoms with E-state index in [1.54, 1.807) is 11.7 Å². The largest absolute Gasteiger partial charge is 0.496 e. The molecule has 2 aliphatic rings. The fraction of sp³-hybridized carbons (Fsp3) is 0.304. The van der Waals surface area contributed by atoms with E-state index in [1.807, 2.05) is 55.6 Å². The van der Waals surface area contributed by atoms with Crippen molar-refractivity contribution in [2.24, 2.45) is 4.99 Å². The molecule has 1 unspecified atom stereocenters. The minimum absolute atomic E-state index is 0.154. The van der Waals surface area contributed by atoms with Crippen LogP contribution < -0.4 is 20.5 Å². The molecule has 1 atom stereocenters. The van der Waals surface area contributed by atoms with E-state index >= 15 is 0 Å². The van der Waals surface area contributed by atoms with Crippen LogP contribution >= 0.6 is 0 Å². The Labute approximate surface area is 186 Å². The Hall–Kier alpha value is -3.88. The second-order valence-electron chi connectivity index (χ2n) is 7.78. The maximum atomic E-state index is 12.9. The Bertz CT molecular complexity index is 1200. The van der Waals surface area contributed by atoms with Crippen LogP contribution in [0.5, 0.6) is 5.75 Å². The van der Waals surface area contributed by atoms with Crippen molar-refractivity contribution in [2.45, 2.75) is 13.1 Å². The molecule has 0 amide bonds. The zero-order valence-corrected chi connectivity index (χ0v) is 18.1. The van der Waals surface area contributed by atoms with Crippen LogP contribution in [-0.2, 0) is 0 Å². The van der Waals surface area contributed by atoms with Gasteiger partial charge < -0.3 is 14.5 Å². The molecule has 4 heterocycles. The molecule has 9 heteroatoms. The average molecular weight is 432 g/mol. The van der Waals surface area contributed by atoms with Gasteiger partial charge in [-0.15, -0.1) is 0 Å². The van der Waals surface area contributed by atoms with Crippen molar-refractivity contribution in [1.82, 2.24) is 19.4 Å². The maximum absolute atomic E-state index is 12.9. The topological polar surface area (TPSA) is 87.9 Å². The number of fused-ring (bicyclic) bond motifs is 1. The number of hydrogen-bond acceptors (Lipinski definition) is 8. The number of anilines is 2. The summed E-state index contributed by atoms with van der Waals surface area (Å²) in [5, 5.41) is 3.29. The summed E-state index contributed by atoms with van der Waals surface area (Å²) in [4.78, 5) is 31.4. The van der Waals surface area contributed by atoms with Crippen molar-refractivity contribution in [1.29, 1.82) is 0 Å². The number of pyridine rings is 1. The third-order valence-electron chi connectivity index (χ3n) is 5.76. The number of methoxy groups -OCH3 is 1. The number of benzene rings is 1. The standard InChI is InChI=1S/C23H25N7O2/c1-16-15-20(31)30-21(17-7-3-4-8-18(17)32-2)26-22(27-23(30)25-16)29-13-11-28(12-14-29)19-9-5-6-10-24-19/h3-10,15,21H,11-14H2,1-2H3,(H,25,26,27). The molecule has 0 spiro atoms. The van der Waals surface area contributed by atoms with Gasteiger partial charge in [-0.1, -0.05) is 24.3 Å². The zero-order valence-electron chi connectivity index (χ0n) is 18.1. The van der Waals surface area contributed by atoms with Crippen molar-refractivity contribution < 1.29 is 4.74 Å². The number of aryl methyl sites for hydroxylation is 1. The summed E-state index contributed by atoms with van der Waals surface area (Å²) < 4.78 is 7.15. The highest BCUT2D eigenvalue weighted by atomic mass is 16.5. The normalized spacial score (nSPS) is 17.9. The van der Waals surface area contributed by atoms with Crippen molar-refractivity contribution >= 4 is 17.7 Å². The monoisotopic (exact) mass is 431 g/mol. The molecule has 0 aliphatic carbocycles. The Kier molecular flexibility index (Phi) is 5.22. The lowest BCUT2D eigenvalue weighted by Gasteiger charge is -2.39. The Morgan fingerprint density at radius 1 is 1.03 bits per heavy atom. The lowest BCUT2D eigenvalue weighted by atomic mass is 10.1. The first-order chi connectivity index (χ1) is 15.6. The lowest BCUT2D eigenvalue weighted by molar-refractivity contribution is 0.372. The van der Waals surface area contributed by atoms with Gasteiger partial charge in [0.05, 0.1) is 7.11 Å². The molecule has 1 saturated heterocycles. The first-order valence-corrected chi connectivity index (χ1v) is 10.6. The van der Waals surface area contributed by atoms with Crippen molar-refractivity contribution in [3.63, 3.8) is 0 Å². The summed E-state index contributed by atoms with van der Waals surface area (Å²) in [6, 6.07) is 15.1. The van der Waals surface area contributed by atoms with E-state index in [2.05, 4.69) is 25.1 Å². The highest BCUT2D eigenvalue weighted by Crippen LogP contribution is 2.32. The number of piperazine rings is 1. The van der Waals surface area contributed by atoms with Gasteiger partial charge in [0.2, 0.25) is 11.9 Å². The summed E-state index contributed by atoms with van der Waals surface area (Å²) in [6.07, 6.45) is 1.25. The number of hydrogen-bond donors (Lipinski definition) is 1. The highest BCUT2D eigenvalue weighted by molar-refractivity contribution is 5.93. The number of para-hydroxylation sites is 1. The molecule has 1 fully saturated rings. The number of ether oxygens (including phenoxy) is 1. The van der Waals surface area contributed by atoms with E-state index in [4.69, 9.17) is 9.73 Å². The molecule has 5 rings (SSSR count). The van der Waals surface area contributed by atoms with Gasteiger partial charge in [0.25, 0.3) is 5.56 Å². The summed E-state index contributed by atoms with van der Waals surface area (Å²) in [5.74, 6) is 2.86. The number of aliphatic imine (C=N–C) groups is 1. The number of nitrogens with one attached hydrogen (secondary N) is 1. The van der Waals surface area contributed by atoms with E-state index in [1.165, 1.54) is 6.07 Å². The number of aromatic nitrogens is 3. The van der Waals surface area contributed by atoms with Crippen LogP contribution in [0, 0.1) is 6.92 Å². The highest BCUT2D eigenvalue weighted by Gasteiger charge is 2.30. The number of rotatable bonds is 3. The summed E-state index contributed by atoms with van der Waals surface area (Å²) >= 11 is 0. The van der Waals surface area contributed by atoms with Gasteiger partial charge in [0.15, 0.2) is 6.17 Å². The fourth-order valence-electron chi connectivity index (χ4n) is 4.17. The SMILES string of the molecule is COc1ccccc1C1N=C(N2CCN(c3ccccn3)CC2)Nc2nc(C)cc(=O)n21. The third kappa shape index (κ3) is 3.66. The second-order valence-corrected chi connectivity index (χ2v) is 7.78. The predicted octanol–water partition coefficient (Wildman–Crippen LogP) is 2.11. The molecule has 164 valence electrons. The second kappa shape index (κ2) is 8.33. The van der Waals surface area contributed by atoms with Crippen molar-refractivity contribution in [2.75, 3.05) is 43.5 Å². The molecular formula is C23H25N7O2. The van der Waals surface area contributed by atoms with Gasteiger partial charge in [-0.3, -0.25) is 14.7 Å². The first-order valence-electron chi connectivity index (χ1n) is 10.6. The summed E-state index contributed by atoms with van der Waals surface area (Å²) in [7, 11) is 1.62. The molecule has 1 aromatic carbocycles. The number of nitrogens with zero attached hydrogens (tertiary/aromatic N) is 6. The van der Waals surface area contributed by atoms with Gasteiger partial charge in [0.1, 0.15) is 11.6 Å². The zero-order chi connectivity index (χ0) is 22.1. The molecule has 0 radical (unpaired) electrons. The van der Waals surface area contributed by atoms with Crippen molar-refractivity contribution in [3.05, 3.63) is 76.3 Å². The van der Waals surface area contributed by atoms with Crippen LogP contribution in [0.1, 0.15) is 17.4 Å². The van der Waals surface area contributed by atoms with Crippen LogP contribution in [0.15, 0.2) is 64.5 Å². The predicted molar refractivity (Wildman–Crippen MR) is 123 cm³/mol. The maximum Gasteiger partial charge on any atom is 0.257 e. The van der Waals surface area contributed by atoms with Gasteiger partial charge in [0, 0.05) is 49.7 Å². The molecule has 1 N–H and O–H groups in total. The lowest BCUT2D eigenvalue weighted by Crippen LogP contribution is -2.52. The Balaban J connectivity index is 1.48.